The van der Waals surface area contributed by atoms with E-state index in [2.05, 4.69) is 0 Å². The van der Waals surface area contributed by atoms with Gasteiger partial charge < -0.3 is 9.84 Å². The van der Waals surface area contributed by atoms with E-state index in [9.17, 15) is 23.5 Å². The quantitative estimate of drug-likeness (QED) is 0.380. The van der Waals surface area contributed by atoms with Crippen LogP contribution in [0.5, 0.6) is 5.75 Å². The van der Waals surface area contributed by atoms with E-state index in [-0.39, 0.29) is 16.8 Å². The predicted octanol–water partition coefficient (Wildman–Crippen LogP) is 4.60. The van der Waals surface area contributed by atoms with Gasteiger partial charge in [-0.05, 0) is 66.2 Å². The van der Waals surface area contributed by atoms with Crippen molar-refractivity contribution in [3.8, 4) is 5.75 Å². The highest BCUT2D eigenvalue weighted by Gasteiger charge is 2.47. The predicted molar refractivity (Wildman–Crippen MR) is 111 cm³/mol. The first-order valence-corrected chi connectivity index (χ1v) is 9.37. The number of amides is 1. The molecule has 0 saturated carbocycles. The molecule has 1 aliphatic rings. The van der Waals surface area contributed by atoms with Gasteiger partial charge in [0.15, 0.2) is 0 Å². The third-order valence-corrected chi connectivity index (χ3v) is 5.08. The molecule has 3 aromatic rings. The van der Waals surface area contributed by atoms with Crippen LogP contribution in [0, 0.1) is 11.6 Å². The number of Topliss-reactive ketones (excluding diaryl/α,β-unsaturated/α-hetero) is 1. The van der Waals surface area contributed by atoms with Crippen molar-refractivity contribution in [3.63, 3.8) is 0 Å². The minimum absolute atomic E-state index is 0.158. The number of anilines is 1. The summed E-state index contributed by atoms with van der Waals surface area (Å²) in [5.74, 6) is -2.72. The number of benzene rings is 3. The molecule has 3 aromatic carbocycles. The van der Waals surface area contributed by atoms with Crippen LogP contribution in [0.2, 0.25) is 0 Å². The maximum absolute atomic E-state index is 13.5. The Hall–Kier alpha value is -4.00. The highest BCUT2D eigenvalue weighted by molar-refractivity contribution is 6.51. The minimum Gasteiger partial charge on any atom is -0.507 e. The second-order valence-electron chi connectivity index (χ2n) is 6.93. The van der Waals surface area contributed by atoms with Crippen molar-refractivity contribution in [2.24, 2.45) is 0 Å². The van der Waals surface area contributed by atoms with Gasteiger partial charge in [-0.2, -0.15) is 0 Å². The molecule has 0 aliphatic carbocycles. The number of ether oxygens (including phenoxy) is 1. The Balaban J connectivity index is 1.94. The van der Waals surface area contributed by atoms with Crippen molar-refractivity contribution >= 4 is 23.1 Å². The number of halogens is 2. The zero-order valence-electron chi connectivity index (χ0n) is 16.4. The first kappa shape index (κ1) is 20.3. The summed E-state index contributed by atoms with van der Waals surface area (Å²) in [5, 5.41) is 10.9. The Bertz CT molecular complexity index is 1190. The molecule has 0 spiro atoms. The SMILES string of the molecule is COc1cccc(C2/C(=C(/O)c3ccc(F)cc3)C(=O)C(=O)N2c2ccc(F)cc2)c1. The average molecular weight is 421 g/mol. The van der Waals surface area contributed by atoms with Gasteiger partial charge in [0.1, 0.15) is 23.1 Å². The highest BCUT2D eigenvalue weighted by atomic mass is 19.1. The van der Waals surface area contributed by atoms with E-state index in [0.717, 1.165) is 12.1 Å². The first-order valence-electron chi connectivity index (χ1n) is 9.37. The van der Waals surface area contributed by atoms with Crippen molar-refractivity contribution in [3.05, 3.63) is 101 Å². The van der Waals surface area contributed by atoms with Crippen molar-refractivity contribution in [1.82, 2.24) is 0 Å². The molecule has 1 unspecified atom stereocenters. The molecule has 0 aromatic heterocycles. The number of hydrogen-bond acceptors (Lipinski definition) is 4. The van der Waals surface area contributed by atoms with Crippen molar-refractivity contribution in [2.45, 2.75) is 6.04 Å². The molecule has 7 heteroatoms. The largest absolute Gasteiger partial charge is 0.507 e. The highest BCUT2D eigenvalue weighted by Crippen LogP contribution is 2.42. The van der Waals surface area contributed by atoms with Crippen molar-refractivity contribution < 1.29 is 28.2 Å². The number of carbonyl (C=O) groups is 2. The summed E-state index contributed by atoms with van der Waals surface area (Å²) in [6.07, 6.45) is 0. The molecule has 156 valence electrons. The molecule has 1 fully saturated rings. The van der Waals surface area contributed by atoms with Gasteiger partial charge in [0.25, 0.3) is 11.7 Å². The van der Waals surface area contributed by atoms with Gasteiger partial charge >= 0.3 is 0 Å². The van der Waals surface area contributed by atoms with Crippen molar-refractivity contribution in [1.29, 1.82) is 0 Å². The topological polar surface area (TPSA) is 66.8 Å². The average Bonchev–Trinajstić information content (AvgIpc) is 3.05. The van der Waals surface area contributed by atoms with E-state index in [1.165, 1.54) is 48.4 Å². The van der Waals surface area contributed by atoms with Crippen LogP contribution in [0.4, 0.5) is 14.5 Å². The molecular weight excluding hydrogens is 404 g/mol. The molecule has 1 amide bonds. The molecule has 0 radical (unpaired) electrons. The van der Waals surface area contributed by atoms with Gasteiger partial charge in [-0.3, -0.25) is 14.5 Å². The number of aliphatic hydroxyl groups is 1. The molecule has 5 nitrogen and oxygen atoms in total. The Labute approximate surface area is 176 Å². The lowest BCUT2D eigenvalue weighted by atomic mass is 9.95. The van der Waals surface area contributed by atoms with Crippen LogP contribution in [0.1, 0.15) is 17.2 Å². The minimum atomic E-state index is -0.995. The van der Waals surface area contributed by atoms with Crippen LogP contribution in [0.15, 0.2) is 78.4 Å². The summed E-state index contributed by atoms with van der Waals surface area (Å²) >= 11 is 0. The summed E-state index contributed by atoms with van der Waals surface area (Å²) in [7, 11) is 1.48. The van der Waals surface area contributed by atoms with Gasteiger partial charge in [0.2, 0.25) is 0 Å². The summed E-state index contributed by atoms with van der Waals surface area (Å²) in [6, 6.07) is 15.8. The maximum Gasteiger partial charge on any atom is 0.300 e. The number of ketones is 1. The third kappa shape index (κ3) is 3.66. The summed E-state index contributed by atoms with van der Waals surface area (Å²) in [5.41, 5.74) is 0.821. The number of aliphatic hydroxyl groups excluding tert-OH is 1. The molecular formula is C24H17F2NO4. The molecule has 1 aliphatic heterocycles. The molecule has 0 bridgehead atoms. The summed E-state index contributed by atoms with van der Waals surface area (Å²) in [4.78, 5) is 27.2. The van der Waals surface area contributed by atoms with Crippen LogP contribution in [0.25, 0.3) is 5.76 Å². The van der Waals surface area contributed by atoms with Crippen LogP contribution < -0.4 is 9.64 Å². The monoisotopic (exact) mass is 421 g/mol. The van der Waals surface area contributed by atoms with Gasteiger partial charge in [0.05, 0.1) is 18.7 Å². The molecule has 1 heterocycles. The maximum atomic E-state index is 13.5. The lowest BCUT2D eigenvalue weighted by Crippen LogP contribution is -2.29. The zero-order chi connectivity index (χ0) is 22.1. The van der Waals surface area contributed by atoms with Crippen LogP contribution in [-0.2, 0) is 9.59 Å². The fraction of sp³-hybridized carbons (Fsp3) is 0.0833. The first-order chi connectivity index (χ1) is 14.9. The lowest BCUT2D eigenvalue weighted by molar-refractivity contribution is -0.132. The van der Waals surface area contributed by atoms with Gasteiger partial charge in [-0.25, -0.2) is 8.78 Å². The second kappa shape index (κ2) is 8.02. The number of hydrogen-bond donors (Lipinski definition) is 1. The number of nitrogens with zero attached hydrogens (tertiary/aromatic N) is 1. The smallest absolute Gasteiger partial charge is 0.300 e. The van der Waals surface area contributed by atoms with Crippen molar-refractivity contribution in [2.75, 3.05) is 12.0 Å². The Morgan fingerprint density at radius 3 is 2.16 bits per heavy atom. The van der Waals surface area contributed by atoms with Crippen LogP contribution in [0.3, 0.4) is 0 Å². The Kier molecular flexibility index (Phi) is 5.25. The number of rotatable bonds is 4. The second-order valence-corrected chi connectivity index (χ2v) is 6.93. The fourth-order valence-electron chi connectivity index (χ4n) is 3.59. The van der Waals surface area contributed by atoms with Gasteiger partial charge in [-0.15, -0.1) is 0 Å². The Morgan fingerprint density at radius 1 is 0.935 bits per heavy atom. The fourth-order valence-corrected chi connectivity index (χ4v) is 3.59. The number of carbonyl (C=O) groups excluding carboxylic acids is 2. The van der Waals surface area contributed by atoms with E-state index in [0.29, 0.717) is 11.3 Å². The molecule has 1 N–H and O–H groups in total. The molecule has 1 saturated heterocycles. The lowest BCUT2D eigenvalue weighted by Gasteiger charge is -2.25. The van der Waals surface area contributed by atoms with Crippen LogP contribution >= 0.6 is 0 Å². The van der Waals surface area contributed by atoms with E-state index in [4.69, 9.17) is 4.74 Å². The standard InChI is InChI=1S/C24H17F2NO4/c1-31-19-4-2-3-15(13-19)21-20(22(28)14-5-7-16(25)8-6-14)23(29)24(30)27(21)18-11-9-17(26)10-12-18/h2-13,21,28H,1H3/b22-20-. The molecule has 4 rings (SSSR count). The summed E-state index contributed by atoms with van der Waals surface area (Å²) in [6.45, 7) is 0. The summed E-state index contributed by atoms with van der Waals surface area (Å²) < 4.78 is 32.1. The normalized spacial score (nSPS) is 17.8. The van der Waals surface area contributed by atoms with Gasteiger partial charge in [0, 0.05) is 11.3 Å². The van der Waals surface area contributed by atoms with Gasteiger partial charge in [-0.1, -0.05) is 12.1 Å². The molecule has 31 heavy (non-hydrogen) atoms. The van der Waals surface area contributed by atoms with E-state index < -0.39 is 35.1 Å². The Morgan fingerprint density at radius 2 is 1.55 bits per heavy atom. The van der Waals surface area contributed by atoms with Crippen LogP contribution in [-0.4, -0.2) is 23.9 Å². The third-order valence-electron chi connectivity index (χ3n) is 5.08. The zero-order valence-corrected chi connectivity index (χ0v) is 16.4. The van der Waals surface area contributed by atoms with E-state index in [1.807, 2.05) is 0 Å². The number of methoxy groups -OCH3 is 1. The molecule has 1 atom stereocenters. The van der Waals surface area contributed by atoms with E-state index >= 15 is 0 Å². The van der Waals surface area contributed by atoms with E-state index in [1.54, 1.807) is 24.3 Å².